The van der Waals surface area contributed by atoms with Crippen molar-refractivity contribution in [1.82, 2.24) is 39.0 Å². The smallest absolute Gasteiger partial charge is 0.456 e. The predicted molar refractivity (Wildman–Crippen MR) is 400 cm³/mol. The molecule has 12 nitrogen and oxygen atoms in total. The number of nitrogens with zero attached hydrogens (tertiary/aromatic N) is 8. The molecule has 1 aliphatic heterocycles. The van der Waals surface area contributed by atoms with E-state index in [-0.39, 0.29) is 8.41 Å². The molecule has 465 valence electrons. The number of aromatic nitrogens is 8. The lowest BCUT2D eigenvalue weighted by atomic mass is 9.76. The molecule has 0 atom stereocenters. The average molecular weight is 1320 g/mol. The van der Waals surface area contributed by atoms with Crippen LogP contribution < -0.4 is 5.46 Å². The largest absolute Gasteiger partial charge is 0.495 e. The van der Waals surface area contributed by atoms with Crippen LogP contribution >= 0.6 is 15.9 Å². The molecule has 3 radical (unpaired) electrons. The first-order valence-corrected chi connectivity index (χ1v) is 32.8. The fourth-order valence-corrected chi connectivity index (χ4v) is 13.6. The first-order valence-electron chi connectivity index (χ1n) is 32.0. The highest BCUT2D eigenvalue weighted by Crippen LogP contribution is 2.42. The second kappa shape index (κ2) is 24.0. The van der Waals surface area contributed by atoms with Gasteiger partial charge in [-0.3, -0.25) is 9.97 Å². The Labute approximate surface area is 569 Å². The fraction of sp³-hybridized carbons (Fsp3) is 0.0976. The van der Waals surface area contributed by atoms with Crippen LogP contribution in [0.1, 0.15) is 27.7 Å². The molecule has 1 aliphatic rings. The maximum atomic E-state index is 6.40. The number of hydrogen-bond donors (Lipinski definition) is 0. The predicted octanol–water partition coefficient (Wildman–Crippen LogP) is 19.8. The molecule has 19 rings (SSSR count). The Bertz CT molecular complexity index is 6100. The summed E-state index contributed by atoms with van der Waals surface area (Å²) in [5.41, 5.74) is 19.8. The number of benzene rings is 10. The number of furan rings is 2. The summed E-state index contributed by atoms with van der Waals surface area (Å²) in [6, 6.07) is 83.0. The van der Waals surface area contributed by atoms with Crippen molar-refractivity contribution in [3.63, 3.8) is 0 Å². The normalized spacial score (nSPS) is 13.5. The maximum absolute atomic E-state index is 6.40. The van der Waals surface area contributed by atoms with Crippen molar-refractivity contribution in [2.24, 2.45) is 14.1 Å². The molecule has 1 fully saturated rings. The maximum Gasteiger partial charge on any atom is 0.495 e. The Morgan fingerprint density at radius 1 is 0.381 bits per heavy atom. The van der Waals surface area contributed by atoms with Crippen molar-refractivity contribution in [2.45, 2.75) is 38.9 Å². The van der Waals surface area contributed by atoms with Crippen LogP contribution in [0.25, 0.3) is 166 Å². The molecule has 18 aromatic rings. The van der Waals surface area contributed by atoms with Crippen LogP contribution in [-0.4, -0.2) is 65.8 Å². The van der Waals surface area contributed by atoms with E-state index >= 15 is 0 Å². The van der Waals surface area contributed by atoms with E-state index in [9.17, 15) is 0 Å². The van der Waals surface area contributed by atoms with Gasteiger partial charge in [0.05, 0.1) is 66.7 Å². The number of rotatable bonds is 6. The molecule has 8 aromatic heterocycles. The average Bonchev–Trinajstić information content (AvgIpc) is 1.61. The summed E-state index contributed by atoms with van der Waals surface area (Å²) in [5.74, 6) is 1.95. The van der Waals surface area contributed by atoms with E-state index < -0.39 is 18.3 Å². The van der Waals surface area contributed by atoms with Gasteiger partial charge in [-0.15, -0.1) is 0 Å². The molecule has 10 aromatic carbocycles. The van der Waals surface area contributed by atoms with E-state index in [4.69, 9.17) is 33.1 Å². The van der Waals surface area contributed by atoms with Crippen LogP contribution in [0, 0.1) is 0 Å². The van der Waals surface area contributed by atoms with E-state index in [2.05, 4.69) is 239 Å². The Morgan fingerprint density at radius 3 is 1.33 bits per heavy atom. The molecule has 15 heteroatoms. The summed E-state index contributed by atoms with van der Waals surface area (Å²) < 4.78 is 30.7. The second-order valence-electron chi connectivity index (χ2n) is 25.5. The number of hydrogen-bond acceptors (Lipinski definition) is 10. The van der Waals surface area contributed by atoms with Crippen LogP contribution in [0.5, 0.6) is 0 Å². The van der Waals surface area contributed by atoms with Gasteiger partial charge >= 0.3 is 7.12 Å². The van der Waals surface area contributed by atoms with Crippen molar-refractivity contribution >= 4 is 146 Å². The SMILES string of the molecule is CC1(C)OB(c2cccc3oc4ccc(-c5ccc6ccc7cccnc7c6n5)cc4c23)OC1(C)C.Cn1c(-c2ccc(-c3cccc4oc5ccc(-c6ccc7ccc8cccnc8c7n6)cc5c34)cc2)nc2ccccc21.Cn1c(-c2ccc(Br)cc2)nc2ccccc21.[B]. The molecular weight excluding hydrogens is 1260 g/mol. The number of fused-ring (bicyclic) bond motifs is 14. The van der Waals surface area contributed by atoms with Crippen molar-refractivity contribution in [3.05, 3.63) is 260 Å². The van der Waals surface area contributed by atoms with Gasteiger partial charge in [0.15, 0.2) is 0 Å². The number of imidazole rings is 2. The zero-order chi connectivity index (χ0) is 65.0. The van der Waals surface area contributed by atoms with Gasteiger partial charge < -0.3 is 27.3 Å². The number of aryl methyl sites for hydroxylation is 2. The van der Waals surface area contributed by atoms with Crippen molar-refractivity contribution in [3.8, 4) is 56.4 Å². The lowest BCUT2D eigenvalue weighted by Crippen LogP contribution is -2.41. The summed E-state index contributed by atoms with van der Waals surface area (Å²) in [6.07, 6.45) is 3.64. The molecule has 0 N–H and O–H groups in total. The lowest BCUT2D eigenvalue weighted by molar-refractivity contribution is 0.00578. The minimum atomic E-state index is -0.473. The van der Waals surface area contributed by atoms with Gasteiger partial charge in [0.1, 0.15) is 34.0 Å². The Hall–Kier alpha value is -11.1. The summed E-state index contributed by atoms with van der Waals surface area (Å²) in [6.45, 7) is 8.29. The topological polar surface area (TPSA) is 132 Å². The van der Waals surface area contributed by atoms with E-state index in [1.807, 2.05) is 98.3 Å². The Kier molecular flexibility index (Phi) is 15.0. The first kappa shape index (κ1) is 60.8. The molecule has 0 amide bonds. The van der Waals surface area contributed by atoms with Crippen molar-refractivity contribution in [1.29, 1.82) is 0 Å². The number of halogens is 1. The summed E-state index contributed by atoms with van der Waals surface area (Å²) >= 11 is 3.44. The monoisotopic (exact) mass is 1320 g/mol. The van der Waals surface area contributed by atoms with Crippen LogP contribution in [0.4, 0.5) is 0 Å². The molecule has 0 spiro atoms. The second-order valence-corrected chi connectivity index (χ2v) is 26.4. The third-order valence-electron chi connectivity index (χ3n) is 19.1. The summed E-state index contributed by atoms with van der Waals surface area (Å²) in [7, 11) is 3.64. The van der Waals surface area contributed by atoms with Crippen LogP contribution in [-0.2, 0) is 23.4 Å². The third kappa shape index (κ3) is 10.7. The number of para-hydroxylation sites is 4. The first-order chi connectivity index (χ1) is 46.8. The van der Waals surface area contributed by atoms with Crippen LogP contribution in [0.15, 0.2) is 268 Å². The van der Waals surface area contributed by atoms with Gasteiger partial charge in [0, 0.05) is 105 Å². The minimum Gasteiger partial charge on any atom is -0.456 e. The molecule has 0 unspecified atom stereocenters. The van der Waals surface area contributed by atoms with Gasteiger partial charge in [-0.1, -0.05) is 149 Å². The van der Waals surface area contributed by atoms with Gasteiger partial charge in [0.25, 0.3) is 0 Å². The van der Waals surface area contributed by atoms with Crippen molar-refractivity contribution < 1.29 is 18.1 Å². The highest BCUT2D eigenvalue weighted by molar-refractivity contribution is 9.10. The van der Waals surface area contributed by atoms with E-state index in [0.717, 1.165) is 176 Å². The van der Waals surface area contributed by atoms with Crippen LogP contribution in [0.2, 0.25) is 0 Å². The quantitative estimate of drug-likeness (QED) is 0.117. The number of pyridine rings is 4. The summed E-state index contributed by atoms with van der Waals surface area (Å²) in [5, 5.41) is 8.52. The lowest BCUT2D eigenvalue weighted by Gasteiger charge is -2.32. The molecule has 1 saturated heterocycles. The molecule has 0 saturated carbocycles. The van der Waals surface area contributed by atoms with Gasteiger partial charge in [0.2, 0.25) is 0 Å². The van der Waals surface area contributed by atoms with E-state index in [1.165, 1.54) is 0 Å². The molecule has 0 aliphatic carbocycles. The minimum absolute atomic E-state index is 0. The zero-order valence-electron chi connectivity index (χ0n) is 54.0. The van der Waals surface area contributed by atoms with Gasteiger partial charge in [-0.05, 0) is 153 Å². The highest BCUT2D eigenvalue weighted by atomic mass is 79.9. The zero-order valence-corrected chi connectivity index (χ0v) is 55.6. The van der Waals surface area contributed by atoms with Gasteiger partial charge in [-0.2, -0.15) is 0 Å². The third-order valence-corrected chi connectivity index (χ3v) is 19.6. The highest BCUT2D eigenvalue weighted by Gasteiger charge is 2.52. The standard InChI is InChI=1S/C38H24N4O.C30H25BN2O3.C14H11BrN2.B/c1-42-32-9-3-2-8-31(32)41-38(42)26-15-11-23(12-16-26)28-7-4-10-34-35(28)29-22-27(18-20-33(29)43-34)30-19-17-25-14-13-24-6-5-21-39-36(24)37(25)40-30;1-29(2)30(3,4)36-31(35-29)22-8-5-9-25-26(22)21-17-20(13-15-24(21)34-25)23-14-12-19-11-10-18-7-6-16-32-27(18)28(19)33-23;1-17-13-5-3-2-4-12(13)16-14(17)10-6-8-11(15)9-7-10;/h2-22H,1H3;5-17H,1-4H3;2-9H,1H3;. The molecule has 97 heavy (non-hydrogen) atoms. The summed E-state index contributed by atoms with van der Waals surface area (Å²) in [4.78, 5) is 28.9. The van der Waals surface area contributed by atoms with Gasteiger partial charge in [-0.25, -0.2) is 19.9 Å². The van der Waals surface area contributed by atoms with Crippen molar-refractivity contribution in [2.75, 3.05) is 0 Å². The molecule has 0 bridgehead atoms. The molecular formula is C82H60B2BrN8O4. The Morgan fingerprint density at radius 2 is 0.814 bits per heavy atom. The fourth-order valence-electron chi connectivity index (χ4n) is 13.4. The van der Waals surface area contributed by atoms with E-state index in [1.54, 1.807) is 0 Å². The molecule has 9 heterocycles. The van der Waals surface area contributed by atoms with Crippen LogP contribution in [0.3, 0.4) is 0 Å². The van der Waals surface area contributed by atoms with E-state index in [0.29, 0.717) is 0 Å². The Balaban J connectivity index is 0.000000123.